The van der Waals surface area contributed by atoms with Crippen LogP contribution in [0.15, 0.2) is 0 Å². The van der Waals surface area contributed by atoms with Gasteiger partial charge in [0.1, 0.15) is 6.04 Å². The Balaban J connectivity index is 2.24. The SMILES string of the molecule is CCCSCC(=O)NC(C(=O)O)C1CC1. The molecule has 0 spiro atoms. The highest BCUT2D eigenvalue weighted by atomic mass is 32.2. The highest BCUT2D eigenvalue weighted by Crippen LogP contribution is 2.32. The Labute approximate surface area is 93.8 Å². The molecule has 86 valence electrons. The zero-order valence-electron chi connectivity index (χ0n) is 8.86. The molecule has 0 aliphatic heterocycles. The highest BCUT2D eigenvalue weighted by Gasteiger charge is 2.37. The van der Waals surface area contributed by atoms with E-state index in [1.807, 2.05) is 0 Å². The molecule has 2 N–H and O–H groups in total. The third-order valence-corrected chi connectivity index (χ3v) is 3.42. The van der Waals surface area contributed by atoms with Crippen LogP contribution < -0.4 is 5.32 Å². The first-order valence-corrected chi connectivity index (χ1v) is 6.40. The van der Waals surface area contributed by atoms with E-state index in [-0.39, 0.29) is 11.8 Å². The Bertz CT molecular complexity index is 241. The van der Waals surface area contributed by atoms with E-state index in [2.05, 4.69) is 12.2 Å². The minimum atomic E-state index is -0.911. The zero-order chi connectivity index (χ0) is 11.3. The number of rotatable bonds is 7. The van der Waals surface area contributed by atoms with Gasteiger partial charge in [-0.15, -0.1) is 0 Å². The largest absolute Gasteiger partial charge is 0.480 e. The number of aliphatic carboxylic acids is 1. The van der Waals surface area contributed by atoms with Gasteiger partial charge in [-0.1, -0.05) is 6.92 Å². The van der Waals surface area contributed by atoms with E-state index < -0.39 is 12.0 Å². The molecule has 0 aromatic rings. The van der Waals surface area contributed by atoms with Crippen molar-refractivity contribution in [3.05, 3.63) is 0 Å². The van der Waals surface area contributed by atoms with E-state index >= 15 is 0 Å². The molecule has 0 saturated heterocycles. The van der Waals surface area contributed by atoms with Gasteiger partial charge in [-0.05, 0) is 30.9 Å². The normalized spacial score (nSPS) is 17.1. The summed E-state index contributed by atoms with van der Waals surface area (Å²) in [7, 11) is 0. The van der Waals surface area contributed by atoms with Crippen molar-refractivity contribution < 1.29 is 14.7 Å². The van der Waals surface area contributed by atoms with Gasteiger partial charge in [0.05, 0.1) is 5.75 Å². The number of hydrogen-bond acceptors (Lipinski definition) is 3. The molecule has 0 heterocycles. The van der Waals surface area contributed by atoms with Crippen LogP contribution in [0.2, 0.25) is 0 Å². The topological polar surface area (TPSA) is 66.4 Å². The summed E-state index contributed by atoms with van der Waals surface area (Å²) in [6.07, 6.45) is 2.86. The van der Waals surface area contributed by atoms with Gasteiger partial charge in [-0.25, -0.2) is 4.79 Å². The molecule has 0 radical (unpaired) electrons. The summed E-state index contributed by atoms with van der Waals surface area (Å²) in [6.45, 7) is 2.05. The van der Waals surface area contributed by atoms with Crippen LogP contribution in [0, 0.1) is 5.92 Å². The van der Waals surface area contributed by atoms with Crippen LogP contribution in [-0.4, -0.2) is 34.5 Å². The molecule has 1 atom stereocenters. The molecule has 0 aromatic heterocycles. The molecule has 1 fully saturated rings. The van der Waals surface area contributed by atoms with E-state index in [9.17, 15) is 9.59 Å². The van der Waals surface area contributed by atoms with Crippen molar-refractivity contribution >= 4 is 23.6 Å². The van der Waals surface area contributed by atoms with Crippen molar-refractivity contribution in [3.63, 3.8) is 0 Å². The Kier molecular flexibility index (Phi) is 4.94. The molecule has 1 amide bonds. The van der Waals surface area contributed by atoms with Crippen molar-refractivity contribution in [1.29, 1.82) is 0 Å². The minimum Gasteiger partial charge on any atom is -0.480 e. The summed E-state index contributed by atoms with van der Waals surface area (Å²) in [4.78, 5) is 22.2. The van der Waals surface area contributed by atoms with Gasteiger partial charge in [-0.2, -0.15) is 11.8 Å². The molecule has 1 rings (SSSR count). The second-order valence-electron chi connectivity index (χ2n) is 3.77. The summed E-state index contributed by atoms with van der Waals surface area (Å²) < 4.78 is 0. The standard InChI is InChI=1S/C10H17NO3S/c1-2-5-15-6-8(12)11-9(10(13)14)7-3-4-7/h7,9H,2-6H2,1H3,(H,11,12)(H,13,14). The fourth-order valence-electron chi connectivity index (χ4n) is 1.34. The Morgan fingerprint density at radius 3 is 2.67 bits per heavy atom. The number of carbonyl (C=O) groups is 2. The van der Waals surface area contributed by atoms with Gasteiger partial charge < -0.3 is 10.4 Å². The minimum absolute atomic E-state index is 0.155. The lowest BCUT2D eigenvalue weighted by molar-refractivity contribution is -0.142. The molecule has 1 aliphatic rings. The van der Waals surface area contributed by atoms with Crippen LogP contribution >= 0.6 is 11.8 Å². The molecule has 1 aliphatic carbocycles. The fraction of sp³-hybridized carbons (Fsp3) is 0.800. The highest BCUT2D eigenvalue weighted by molar-refractivity contribution is 7.99. The van der Waals surface area contributed by atoms with Gasteiger partial charge in [0, 0.05) is 0 Å². The number of carbonyl (C=O) groups excluding carboxylic acids is 1. The third-order valence-electron chi connectivity index (χ3n) is 2.26. The quantitative estimate of drug-likeness (QED) is 0.644. The van der Waals surface area contributed by atoms with E-state index in [0.29, 0.717) is 5.75 Å². The monoisotopic (exact) mass is 231 g/mol. The van der Waals surface area contributed by atoms with Gasteiger partial charge in [0.2, 0.25) is 5.91 Å². The third kappa shape index (κ3) is 4.55. The number of nitrogens with one attached hydrogen (secondary N) is 1. The molecule has 1 unspecified atom stereocenters. The summed E-state index contributed by atoms with van der Waals surface area (Å²) in [5, 5.41) is 11.5. The maximum absolute atomic E-state index is 11.4. The molecule has 1 saturated carbocycles. The maximum atomic E-state index is 11.4. The number of amides is 1. The first-order chi connectivity index (χ1) is 7.15. The molecule has 4 nitrogen and oxygen atoms in total. The number of carboxylic acids is 1. The predicted octanol–water partition coefficient (Wildman–Crippen LogP) is 1.11. The van der Waals surface area contributed by atoms with Crippen molar-refractivity contribution in [2.45, 2.75) is 32.2 Å². The van der Waals surface area contributed by atoms with Crippen LogP contribution in [0.3, 0.4) is 0 Å². The predicted molar refractivity (Wildman–Crippen MR) is 59.9 cm³/mol. The lowest BCUT2D eigenvalue weighted by Crippen LogP contribution is -2.43. The van der Waals surface area contributed by atoms with Crippen LogP contribution in [0.4, 0.5) is 0 Å². The first kappa shape index (κ1) is 12.4. The summed E-state index contributed by atoms with van der Waals surface area (Å²) >= 11 is 1.54. The van der Waals surface area contributed by atoms with Crippen LogP contribution in [0.5, 0.6) is 0 Å². The second kappa shape index (κ2) is 6.00. The molecular weight excluding hydrogens is 214 g/mol. The molecule has 0 aromatic carbocycles. The van der Waals surface area contributed by atoms with Crippen molar-refractivity contribution in [1.82, 2.24) is 5.32 Å². The van der Waals surface area contributed by atoms with Crippen LogP contribution in [0.25, 0.3) is 0 Å². The Morgan fingerprint density at radius 2 is 2.20 bits per heavy atom. The first-order valence-electron chi connectivity index (χ1n) is 5.25. The lowest BCUT2D eigenvalue weighted by Gasteiger charge is -2.12. The van der Waals surface area contributed by atoms with E-state index in [0.717, 1.165) is 25.0 Å². The molecule has 5 heteroatoms. The summed E-state index contributed by atoms with van der Waals surface area (Å²) in [5.41, 5.74) is 0. The second-order valence-corrected chi connectivity index (χ2v) is 4.88. The van der Waals surface area contributed by atoms with E-state index in [1.165, 1.54) is 0 Å². The summed E-state index contributed by atoms with van der Waals surface area (Å²) in [6, 6.07) is -0.667. The van der Waals surface area contributed by atoms with Crippen LogP contribution in [-0.2, 0) is 9.59 Å². The van der Waals surface area contributed by atoms with Crippen molar-refractivity contribution in [2.75, 3.05) is 11.5 Å². The average molecular weight is 231 g/mol. The van der Waals surface area contributed by atoms with Gasteiger partial charge in [0.15, 0.2) is 0 Å². The maximum Gasteiger partial charge on any atom is 0.326 e. The van der Waals surface area contributed by atoms with E-state index in [1.54, 1.807) is 11.8 Å². The van der Waals surface area contributed by atoms with Crippen LogP contribution in [0.1, 0.15) is 26.2 Å². The van der Waals surface area contributed by atoms with Crippen molar-refractivity contribution in [3.8, 4) is 0 Å². The summed E-state index contributed by atoms with van der Waals surface area (Å²) in [5.74, 6) is 0.389. The van der Waals surface area contributed by atoms with Gasteiger partial charge in [-0.3, -0.25) is 4.79 Å². The molecule has 15 heavy (non-hydrogen) atoms. The Hall–Kier alpha value is -0.710. The van der Waals surface area contributed by atoms with Gasteiger partial charge in [0.25, 0.3) is 0 Å². The Morgan fingerprint density at radius 1 is 1.53 bits per heavy atom. The lowest BCUT2D eigenvalue weighted by atomic mass is 10.2. The smallest absolute Gasteiger partial charge is 0.326 e. The number of hydrogen-bond donors (Lipinski definition) is 2. The zero-order valence-corrected chi connectivity index (χ0v) is 9.68. The number of thioether (sulfide) groups is 1. The number of carboxylic acid groups (broad SMARTS) is 1. The average Bonchev–Trinajstić information content (AvgIpc) is 2.97. The van der Waals surface area contributed by atoms with E-state index in [4.69, 9.17) is 5.11 Å². The molecule has 0 bridgehead atoms. The van der Waals surface area contributed by atoms with Gasteiger partial charge >= 0.3 is 5.97 Å². The van der Waals surface area contributed by atoms with Crippen molar-refractivity contribution in [2.24, 2.45) is 5.92 Å². The molecular formula is C10H17NO3S. The fourth-order valence-corrected chi connectivity index (χ4v) is 2.04.